The number of esters is 1. The lowest BCUT2D eigenvalue weighted by molar-refractivity contribution is -0.330. The number of nitrogens with zero attached hydrogens (tertiary/aromatic N) is 1. The van der Waals surface area contributed by atoms with E-state index in [1.807, 2.05) is 13.0 Å². The van der Waals surface area contributed by atoms with Gasteiger partial charge in [0.1, 0.15) is 29.5 Å². The standard InChI is InChI=1S/C34H49NO10/c1-7-35-16-31(17-40-3)20(36)14-21(41-4)33-19-15-32(39)28(45-30(38)18-12-10-9-11-13-18)22(19)34(44-8-2,27(37)29(32)43-6)23(26(33)35)24(42-5)25(31)33/h9-13,19-29,36-37,39H,7-8,14-17H2,1-6H3/t19-,20-,21+,22?,23+,24+,25-,26+,27+,28-,29+,31+,32-,33?,34-/m1/s1. The minimum atomic E-state index is -1.71. The van der Waals surface area contributed by atoms with Crippen molar-refractivity contribution in [3.8, 4) is 0 Å². The Balaban J connectivity index is 1.51. The average Bonchev–Trinajstić information content (AvgIpc) is 3.41. The lowest BCUT2D eigenvalue weighted by Gasteiger charge is -2.70. The summed E-state index contributed by atoms with van der Waals surface area (Å²) >= 11 is 0. The molecular weight excluding hydrogens is 582 g/mol. The number of likely N-dealkylation sites (tertiary alicyclic amines) is 1. The van der Waals surface area contributed by atoms with Crippen molar-refractivity contribution in [1.29, 1.82) is 0 Å². The lowest BCUT2D eigenvalue weighted by Crippen LogP contribution is -2.81. The van der Waals surface area contributed by atoms with Gasteiger partial charge in [0, 0.05) is 82.6 Å². The van der Waals surface area contributed by atoms with E-state index in [1.165, 1.54) is 7.11 Å². The summed E-state index contributed by atoms with van der Waals surface area (Å²) < 4.78 is 38.1. The third kappa shape index (κ3) is 3.60. The molecule has 11 heteroatoms. The molecule has 5 aliphatic carbocycles. The number of hydrogen-bond acceptors (Lipinski definition) is 11. The third-order valence-electron chi connectivity index (χ3n) is 13.2. The predicted octanol–water partition coefficient (Wildman–Crippen LogP) is 1.12. The highest BCUT2D eigenvalue weighted by Gasteiger charge is 2.91. The van der Waals surface area contributed by atoms with Crippen LogP contribution in [0.15, 0.2) is 30.3 Å². The highest BCUT2D eigenvalue weighted by atomic mass is 16.6. The number of carbonyl (C=O) groups is 1. The van der Waals surface area contributed by atoms with E-state index >= 15 is 0 Å². The summed E-state index contributed by atoms with van der Waals surface area (Å²) in [5, 5.41) is 37.3. The second-order valence-corrected chi connectivity index (χ2v) is 14.3. The van der Waals surface area contributed by atoms with Crippen molar-refractivity contribution in [2.24, 2.45) is 34.5 Å². The Bertz CT molecular complexity index is 1280. The van der Waals surface area contributed by atoms with Crippen molar-refractivity contribution in [2.75, 3.05) is 54.7 Å². The van der Waals surface area contributed by atoms with Crippen LogP contribution in [0.3, 0.4) is 0 Å². The predicted molar refractivity (Wildman–Crippen MR) is 160 cm³/mol. The van der Waals surface area contributed by atoms with E-state index < -0.39 is 76.5 Å². The summed E-state index contributed by atoms with van der Waals surface area (Å²) in [7, 11) is 6.53. The molecule has 1 saturated heterocycles. The van der Waals surface area contributed by atoms with Crippen LogP contribution in [0.5, 0.6) is 0 Å². The van der Waals surface area contributed by atoms with Crippen LogP contribution in [0.25, 0.3) is 0 Å². The molecule has 45 heavy (non-hydrogen) atoms. The van der Waals surface area contributed by atoms with Crippen molar-refractivity contribution >= 4 is 5.97 Å². The zero-order chi connectivity index (χ0) is 32.1. The second kappa shape index (κ2) is 10.9. The molecule has 1 aromatic rings. The molecule has 5 saturated carbocycles. The zero-order valence-electron chi connectivity index (χ0n) is 27.1. The maximum absolute atomic E-state index is 13.8. The molecule has 0 radical (unpaired) electrons. The fourth-order valence-corrected chi connectivity index (χ4v) is 12.4. The van der Waals surface area contributed by atoms with E-state index in [9.17, 15) is 20.1 Å². The first-order valence-corrected chi connectivity index (χ1v) is 16.4. The number of carbonyl (C=O) groups excluding carboxylic acids is 1. The molecule has 11 nitrogen and oxygen atoms in total. The Kier molecular flexibility index (Phi) is 7.75. The number of rotatable bonds is 10. The molecule has 1 spiro atoms. The van der Waals surface area contributed by atoms with E-state index in [2.05, 4.69) is 11.8 Å². The molecule has 250 valence electrons. The maximum Gasteiger partial charge on any atom is 0.338 e. The fourth-order valence-electron chi connectivity index (χ4n) is 12.4. The average molecular weight is 632 g/mol. The van der Waals surface area contributed by atoms with Crippen LogP contribution in [-0.2, 0) is 28.4 Å². The van der Waals surface area contributed by atoms with Gasteiger partial charge in [-0.3, -0.25) is 4.90 Å². The fraction of sp³-hybridized carbons (Fsp3) is 0.794. The van der Waals surface area contributed by atoms with Gasteiger partial charge in [-0.15, -0.1) is 0 Å². The van der Waals surface area contributed by atoms with Gasteiger partial charge in [0.05, 0.1) is 30.5 Å². The Labute approximate surface area is 265 Å². The van der Waals surface area contributed by atoms with Crippen LogP contribution in [-0.4, -0.2) is 135 Å². The molecule has 15 atom stereocenters. The minimum absolute atomic E-state index is 0.175. The largest absolute Gasteiger partial charge is 0.455 e. The van der Waals surface area contributed by atoms with Gasteiger partial charge in [-0.05, 0) is 37.9 Å². The van der Waals surface area contributed by atoms with E-state index in [-0.39, 0.29) is 30.9 Å². The van der Waals surface area contributed by atoms with Gasteiger partial charge in [0.2, 0.25) is 0 Å². The monoisotopic (exact) mass is 631 g/mol. The highest BCUT2D eigenvalue weighted by molar-refractivity contribution is 5.89. The lowest BCUT2D eigenvalue weighted by atomic mass is 9.42. The smallest absolute Gasteiger partial charge is 0.338 e. The van der Waals surface area contributed by atoms with Gasteiger partial charge in [-0.1, -0.05) is 25.1 Å². The molecule has 2 unspecified atom stereocenters. The summed E-state index contributed by atoms with van der Waals surface area (Å²) in [4.78, 5) is 16.2. The maximum atomic E-state index is 13.8. The molecular formula is C34H49NO10. The number of aliphatic hydroxyl groups is 3. The van der Waals surface area contributed by atoms with Crippen molar-refractivity contribution in [3.63, 3.8) is 0 Å². The number of methoxy groups -OCH3 is 4. The van der Waals surface area contributed by atoms with E-state index in [0.29, 0.717) is 31.7 Å². The molecule has 1 aromatic carbocycles. The van der Waals surface area contributed by atoms with Crippen LogP contribution in [0, 0.1) is 34.5 Å². The molecule has 1 aliphatic heterocycles. The van der Waals surface area contributed by atoms with Crippen molar-refractivity contribution in [1.82, 2.24) is 4.90 Å². The van der Waals surface area contributed by atoms with Crippen LogP contribution in [0.4, 0.5) is 0 Å². The third-order valence-corrected chi connectivity index (χ3v) is 13.2. The van der Waals surface area contributed by atoms with E-state index in [4.69, 9.17) is 28.4 Å². The van der Waals surface area contributed by atoms with E-state index in [1.54, 1.807) is 45.6 Å². The Morgan fingerprint density at radius 1 is 1.00 bits per heavy atom. The summed E-state index contributed by atoms with van der Waals surface area (Å²) in [5.74, 6) is -2.18. The molecule has 7 rings (SSSR count). The molecule has 7 bridgehead atoms. The Morgan fingerprint density at radius 3 is 2.33 bits per heavy atom. The van der Waals surface area contributed by atoms with Crippen LogP contribution >= 0.6 is 0 Å². The van der Waals surface area contributed by atoms with Gasteiger partial charge in [0.15, 0.2) is 0 Å². The van der Waals surface area contributed by atoms with Gasteiger partial charge in [0.25, 0.3) is 0 Å². The number of benzene rings is 1. The van der Waals surface area contributed by atoms with Crippen LogP contribution in [0.1, 0.15) is 37.0 Å². The summed E-state index contributed by atoms with van der Waals surface area (Å²) in [5.41, 5.74) is -4.00. The number of piperidine rings is 1. The molecule has 6 aliphatic rings. The number of fused-ring (bicyclic) bond motifs is 2. The molecule has 0 aromatic heterocycles. The van der Waals surface area contributed by atoms with Gasteiger partial charge >= 0.3 is 5.97 Å². The zero-order valence-corrected chi connectivity index (χ0v) is 27.1. The SMILES string of the molecule is CCO[C@@]12C3[C@@H](C[C@@](O)([C@@H]3OC(=O)c3ccccc3)[C@@H](OC)[C@@H]1O)C13[C@@H](OC)C[C@@H](O)[C@@]4(COC)CN(CC)[C@H]1[C@@H]2[C@H](OC)[C@@H]34. The summed E-state index contributed by atoms with van der Waals surface area (Å²) in [6.45, 7) is 5.86. The number of ether oxygens (including phenoxy) is 6. The van der Waals surface area contributed by atoms with Gasteiger partial charge in [-0.2, -0.15) is 0 Å². The summed E-state index contributed by atoms with van der Waals surface area (Å²) in [6, 6.07) is 8.57. The second-order valence-electron chi connectivity index (χ2n) is 14.3. The van der Waals surface area contributed by atoms with Crippen molar-refractivity contribution in [2.45, 2.75) is 80.6 Å². The Hall–Kier alpha value is -1.67. The molecule has 1 heterocycles. The van der Waals surface area contributed by atoms with E-state index in [0.717, 1.165) is 0 Å². The number of aliphatic hydroxyl groups excluding tert-OH is 2. The molecule has 6 fully saturated rings. The van der Waals surface area contributed by atoms with Crippen molar-refractivity contribution < 1.29 is 48.5 Å². The Morgan fingerprint density at radius 2 is 1.73 bits per heavy atom. The van der Waals surface area contributed by atoms with Crippen molar-refractivity contribution in [3.05, 3.63) is 35.9 Å². The summed E-state index contributed by atoms with van der Waals surface area (Å²) in [6.07, 6.45) is -4.41. The molecule has 3 N–H and O–H groups in total. The number of hydrogen-bond donors (Lipinski definition) is 3. The topological polar surface area (TPSA) is 136 Å². The first kappa shape index (κ1) is 31.9. The first-order valence-electron chi connectivity index (χ1n) is 16.4. The highest BCUT2D eigenvalue weighted by Crippen LogP contribution is 2.80. The van der Waals surface area contributed by atoms with Gasteiger partial charge in [-0.25, -0.2) is 4.79 Å². The molecule has 0 amide bonds. The first-order chi connectivity index (χ1) is 21.6. The van der Waals surface area contributed by atoms with Crippen LogP contribution < -0.4 is 0 Å². The minimum Gasteiger partial charge on any atom is -0.455 e. The quantitative estimate of drug-likeness (QED) is 0.321. The normalized spacial score (nSPS) is 50.9. The van der Waals surface area contributed by atoms with Crippen LogP contribution in [0.2, 0.25) is 0 Å². The van der Waals surface area contributed by atoms with Gasteiger partial charge < -0.3 is 43.7 Å².